The van der Waals surface area contributed by atoms with Gasteiger partial charge in [0.1, 0.15) is 5.75 Å². The van der Waals surface area contributed by atoms with E-state index in [1.54, 1.807) is 7.11 Å². The third-order valence-corrected chi connectivity index (χ3v) is 3.61. The molecule has 3 nitrogen and oxygen atoms in total. The fourth-order valence-electron chi connectivity index (χ4n) is 2.27. The molecular formula is C13H17NO2S. The summed E-state index contributed by atoms with van der Waals surface area (Å²) in [5.41, 5.74) is 0.642. The Labute approximate surface area is 107 Å². The Hall–Kier alpha value is -1.16. The van der Waals surface area contributed by atoms with Crippen LogP contribution in [0.1, 0.15) is 23.2 Å². The Morgan fingerprint density at radius 2 is 2.29 bits per heavy atom. The number of methoxy groups -OCH3 is 1. The first-order chi connectivity index (χ1) is 8.27. The summed E-state index contributed by atoms with van der Waals surface area (Å²) in [5, 5.41) is 0. The molecule has 1 heterocycles. The first-order valence-electron chi connectivity index (χ1n) is 5.82. The van der Waals surface area contributed by atoms with Crippen LogP contribution in [0.2, 0.25) is 0 Å². The number of thiol groups is 1. The quantitative estimate of drug-likeness (QED) is 0.835. The molecule has 0 bridgehead atoms. The second-order valence-corrected chi connectivity index (χ2v) is 4.54. The second kappa shape index (κ2) is 5.45. The van der Waals surface area contributed by atoms with Crippen LogP contribution in [0.4, 0.5) is 0 Å². The van der Waals surface area contributed by atoms with Gasteiger partial charge in [-0.25, -0.2) is 0 Å². The van der Waals surface area contributed by atoms with Crippen LogP contribution >= 0.6 is 12.6 Å². The molecule has 4 heteroatoms. The number of amides is 1. The number of benzene rings is 1. The molecule has 0 N–H and O–H groups in total. The minimum absolute atomic E-state index is 0.0546. The molecule has 0 spiro atoms. The highest BCUT2D eigenvalue weighted by molar-refractivity contribution is 7.80. The van der Waals surface area contributed by atoms with Crippen molar-refractivity contribution in [2.75, 3.05) is 19.4 Å². The molecule has 1 aliphatic rings. The molecular weight excluding hydrogens is 234 g/mol. The average molecular weight is 251 g/mol. The summed E-state index contributed by atoms with van der Waals surface area (Å²) in [4.78, 5) is 14.3. The molecule has 92 valence electrons. The zero-order valence-corrected chi connectivity index (χ0v) is 10.8. The minimum atomic E-state index is 0.0546. The van der Waals surface area contributed by atoms with Gasteiger partial charge in [0, 0.05) is 18.3 Å². The topological polar surface area (TPSA) is 29.5 Å². The fraction of sp³-hybridized carbons (Fsp3) is 0.462. The summed E-state index contributed by atoms with van der Waals surface area (Å²) < 4.78 is 5.23. The van der Waals surface area contributed by atoms with E-state index in [1.807, 2.05) is 29.2 Å². The van der Waals surface area contributed by atoms with Crippen LogP contribution in [-0.2, 0) is 0 Å². The van der Waals surface area contributed by atoms with Crippen LogP contribution in [0.5, 0.6) is 5.75 Å². The van der Waals surface area contributed by atoms with Crippen LogP contribution in [-0.4, -0.2) is 36.3 Å². The van der Waals surface area contributed by atoms with Crippen molar-refractivity contribution in [1.82, 2.24) is 4.90 Å². The van der Waals surface area contributed by atoms with Gasteiger partial charge in [0.25, 0.3) is 5.91 Å². The molecule has 1 amide bonds. The van der Waals surface area contributed by atoms with Gasteiger partial charge in [0.15, 0.2) is 0 Å². The van der Waals surface area contributed by atoms with Crippen molar-refractivity contribution in [3.63, 3.8) is 0 Å². The minimum Gasteiger partial charge on any atom is -0.496 e. The summed E-state index contributed by atoms with van der Waals surface area (Å²) in [5.74, 6) is 1.42. The number of carbonyl (C=O) groups is 1. The van der Waals surface area contributed by atoms with Gasteiger partial charge in [0.05, 0.1) is 12.7 Å². The van der Waals surface area contributed by atoms with Crippen LogP contribution in [0.25, 0.3) is 0 Å². The Balaban J connectivity index is 2.24. The lowest BCUT2D eigenvalue weighted by Gasteiger charge is -2.24. The predicted molar refractivity (Wildman–Crippen MR) is 70.9 cm³/mol. The molecule has 1 aromatic rings. The molecule has 0 saturated carbocycles. The van der Waals surface area contributed by atoms with Gasteiger partial charge in [-0.05, 0) is 25.0 Å². The van der Waals surface area contributed by atoms with E-state index in [0.717, 1.165) is 25.1 Å². The summed E-state index contributed by atoms with van der Waals surface area (Å²) >= 11 is 4.31. The molecule has 0 aromatic heterocycles. The first kappa shape index (κ1) is 12.3. The molecule has 1 aromatic carbocycles. The van der Waals surface area contributed by atoms with Gasteiger partial charge < -0.3 is 9.64 Å². The number of ether oxygens (including phenoxy) is 1. The number of hydrogen-bond donors (Lipinski definition) is 1. The van der Waals surface area contributed by atoms with Crippen molar-refractivity contribution in [2.24, 2.45) is 0 Å². The summed E-state index contributed by atoms with van der Waals surface area (Å²) in [6.07, 6.45) is 2.11. The highest BCUT2D eigenvalue weighted by Crippen LogP contribution is 2.25. The SMILES string of the molecule is COc1ccccc1C(=O)N1CCCC1CS. The average Bonchev–Trinajstić information content (AvgIpc) is 2.86. The zero-order valence-electron chi connectivity index (χ0n) is 9.93. The van der Waals surface area contributed by atoms with Crippen LogP contribution < -0.4 is 4.74 Å². The Kier molecular flexibility index (Phi) is 3.94. The van der Waals surface area contributed by atoms with Gasteiger partial charge in [-0.1, -0.05) is 12.1 Å². The van der Waals surface area contributed by atoms with E-state index in [1.165, 1.54) is 0 Å². The van der Waals surface area contributed by atoms with E-state index in [4.69, 9.17) is 4.74 Å². The lowest BCUT2D eigenvalue weighted by molar-refractivity contribution is 0.0746. The van der Waals surface area contributed by atoms with Gasteiger partial charge in [0.2, 0.25) is 0 Å². The molecule has 1 atom stereocenters. The van der Waals surface area contributed by atoms with E-state index >= 15 is 0 Å². The van der Waals surface area contributed by atoms with E-state index < -0.39 is 0 Å². The molecule has 1 fully saturated rings. The highest BCUT2D eigenvalue weighted by atomic mass is 32.1. The largest absolute Gasteiger partial charge is 0.496 e. The molecule has 1 unspecified atom stereocenters. The summed E-state index contributed by atoms with van der Waals surface area (Å²) in [7, 11) is 1.59. The number of hydrogen-bond acceptors (Lipinski definition) is 3. The summed E-state index contributed by atoms with van der Waals surface area (Å²) in [6.45, 7) is 0.822. The van der Waals surface area contributed by atoms with Gasteiger partial charge in [-0.2, -0.15) is 12.6 Å². The van der Waals surface area contributed by atoms with E-state index in [2.05, 4.69) is 12.6 Å². The van der Waals surface area contributed by atoms with E-state index in [0.29, 0.717) is 11.3 Å². The van der Waals surface area contributed by atoms with Crippen molar-refractivity contribution in [1.29, 1.82) is 0 Å². The molecule has 0 aliphatic carbocycles. The smallest absolute Gasteiger partial charge is 0.257 e. The van der Waals surface area contributed by atoms with Crippen molar-refractivity contribution < 1.29 is 9.53 Å². The van der Waals surface area contributed by atoms with Crippen LogP contribution in [0.15, 0.2) is 24.3 Å². The van der Waals surface area contributed by atoms with E-state index in [9.17, 15) is 4.79 Å². The number of likely N-dealkylation sites (tertiary alicyclic amines) is 1. The van der Waals surface area contributed by atoms with Crippen molar-refractivity contribution >= 4 is 18.5 Å². The van der Waals surface area contributed by atoms with Crippen molar-refractivity contribution in [3.05, 3.63) is 29.8 Å². The monoisotopic (exact) mass is 251 g/mol. The lowest BCUT2D eigenvalue weighted by Crippen LogP contribution is -2.36. The number of rotatable bonds is 3. The second-order valence-electron chi connectivity index (χ2n) is 4.18. The normalized spacial score (nSPS) is 19.4. The molecule has 17 heavy (non-hydrogen) atoms. The molecule has 2 rings (SSSR count). The summed E-state index contributed by atoms with van der Waals surface area (Å²) in [6, 6.07) is 7.63. The van der Waals surface area contributed by atoms with Crippen LogP contribution in [0.3, 0.4) is 0 Å². The van der Waals surface area contributed by atoms with Crippen LogP contribution in [0, 0.1) is 0 Å². The maximum Gasteiger partial charge on any atom is 0.257 e. The lowest BCUT2D eigenvalue weighted by atomic mass is 10.1. The maximum absolute atomic E-state index is 12.4. The van der Waals surface area contributed by atoms with Gasteiger partial charge in [-0.3, -0.25) is 4.79 Å². The third kappa shape index (κ3) is 2.41. The first-order valence-corrected chi connectivity index (χ1v) is 6.46. The van der Waals surface area contributed by atoms with E-state index in [-0.39, 0.29) is 11.9 Å². The molecule has 0 radical (unpaired) electrons. The zero-order chi connectivity index (χ0) is 12.3. The number of para-hydroxylation sites is 1. The number of nitrogens with zero attached hydrogens (tertiary/aromatic N) is 1. The van der Waals surface area contributed by atoms with Gasteiger partial charge in [-0.15, -0.1) is 0 Å². The Bertz CT molecular complexity index is 408. The number of carbonyl (C=O) groups excluding carboxylic acids is 1. The Morgan fingerprint density at radius 1 is 1.53 bits per heavy atom. The van der Waals surface area contributed by atoms with Crippen molar-refractivity contribution in [2.45, 2.75) is 18.9 Å². The third-order valence-electron chi connectivity index (χ3n) is 3.19. The van der Waals surface area contributed by atoms with Gasteiger partial charge >= 0.3 is 0 Å². The molecule has 1 saturated heterocycles. The maximum atomic E-state index is 12.4. The molecule has 1 aliphatic heterocycles. The predicted octanol–water partition coefficient (Wildman–Crippen LogP) is 2.23. The standard InChI is InChI=1S/C13H17NO2S/c1-16-12-7-3-2-6-11(12)13(15)14-8-4-5-10(14)9-17/h2-3,6-7,10,17H,4-5,8-9H2,1H3. The fourth-order valence-corrected chi connectivity index (χ4v) is 2.65. The highest BCUT2D eigenvalue weighted by Gasteiger charge is 2.29. The Morgan fingerprint density at radius 3 is 3.00 bits per heavy atom. The van der Waals surface area contributed by atoms with Crippen molar-refractivity contribution in [3.8, 4) is 5.75 Å².